The molecule has 0 radical (unpaired) electrons. The van der Waals surface area contributed by atoms with E-state index >= 15 is 0 Å². The Morgan fingerprint density at radius 2 is 1.61 bits per heavy atom. The van der Waals surface area contributed by atoms with Gasteiger partial charge in [0.15, 0.2) is 12.6 Å². The Balaban J connectivity index is 1.72. The zero-order chi connectivity index (χ0) is 20.3. The van der Waals surface area contributed by atoms with Crippen molar-refractivity contribution in [1.82, 2.24) is 0 Å². The van der Waals surface area contributed by atoms with E-state index in [1.54, 1.807) is 0 Å². The molecule has 2 saturated heterocycles. The van der Waals surface area contributed by atoms with E-state index in [-0.39, 0.29) is 13.2 Å². The number of benzene rings is 1. The van der Waals surface area contributed by atoms with Crippen molar-refractivity contribution in [2.45, 2.75) is 61.9 Å². The molecule has 2 aliphatic heterocycles. The molecule has 1 aromatic carbocycles. The maximum absolute atomic E-state index is 10.4. The van der Waals surface area contributed by atoms with Crippen molar-refractivity contribution in [3.05, 3.63) is 35.9 Å². The molecule has 0 spiro atoms. The van der Waals surface area contributed by atoms with Gasteiger partial charge in [0.2, 0.25) is 0 Å². The fraction of sp³-hybridized carbons (Fsp3) is 0.667. The lowest BCUT2D eigenvalue weighted by Gasteiger charge is -2.44. The standard InChI is InChI=1S/C18H26O10/c19-6-11-13(22)14(23)16(28-17-15(24)12(21)10(20)8-26-17)18(27-11)25-7-9-4-2-1-3-5-9/h1-5,10-24H,6-8H2/t10-,11+,12-,13+,14-,15-,16+,17+,18-/m0/s1. The second-order valence-electron chi connectivity index (χ2n) is 6.85. The molecule has 9 atom stereocenters. The average molecular weight is 402 g/mol. The third kappa shape index (κ3) is 4.69. The monoisotopic (exact) mass is 402 g/mol. The molecule has 10 nitrogen and oxygen atoms in total. The Bertz CT molecular complexity index is 601. The summed E-state index contributed by atoms with van der Waals surface area (Å²) >= 11 is 0. The fourth-order valence-electron chi connectivity index (χ4n) is 3.14. The molecular weight excluding hydrogens is 376 g/mol. The molecule has 10 heteroatoms. The van der Waals surface area contributed by atoms with Gasteiger partial charge in [-0.25, -0.2) is 0 Å². The van der Waals surface area contributed by atoms with Gasteiger partial charge in [0.25, 0.3) is 0 Å². The summed E-state index contributed by atoms with van der Waals surface area (Å²) in [6.07, 6.45) is -12.3. The summed E-state index contributed by atoms with van der Waals surface area (Å²) in [5, 5.41) is 59.4. The highest BCUT2D eigenvalue weighted by molar-refractivity contribution is 5.13. The van der Waals surface area contributed by atoms with Crippen LogP contribution in [0, 0.1) is 0 Å². The molecular formula is C18H26O10. The summed E-state index contributed by atoms with van der Waals surface area (Å²) in [5.41, 5.74) is 0.818. The van der Waals surface area contributed by atoms with Crippen LogP contribution in [0.15, 0.2) is 30.3 Å². The Labute approximate surface area is 161 Å². The van der Waals surface area contributed by atoms with Gasteiger partial charge >= 0.3 is 0 Å². The molecule has 6 N–H and O–H groups in total. The van der Waals surface area contributed by atoms with Gasteiger partial charge in [-0.1, -0.05) is 30.3 Å². The smallest absolute Gasteiger partial charge is 0.187 e. The Hall–Kier alpha value is -1.18. The van der Waals surface area contributed by atoms with Crippen LogP contribution in [-0.2, 0) is 25.6 Å². The first-order valence-electron chi connectivity index (χ1n) is 9.01. The van der Waals surface area contributed by atoms with Gasteiger partial charge < -0.3 is 49.6 Å². The summed E-state index contributed by atoms with van der Waals surface area (Å²) in [4.78, 5) is 0. The minimum absolute atomic E-state index is 0.0990. The minimum atomic E-state index is -1.58. The van der Waals surface area contributed by atoms with Gasteiger partial charge in [0.05, 0.1) is 19.8 Å². The predicted octanol–water partition coefficient (Wildman–Crippen LogP) is -2.53. The van der Waals surface area contributed by atoms with E-state index in [0.29, 0.717) is 0 Å². The highest BCUT2D eigenvalue weighted by Crippen LogP contribution is 2.28. The molecule has 0 amide bonds. The number of aliphatic hydroxyl groups excluding tert-OH is 6. The molecule has 0 unspecified atom stereocenters. The minimum Gasteiger partial charge on any atom is -0.394 e. The molecule has 0 aromatic heterocycles. The van der Waals surface area contributed by atoms with Crippen LogP contribution in [0.4, 0.5) is 0 Å². The van der Waals surface area contributed by atoms with Crippen molar-refractivity contribution in [2.24, 2.45) is 0 Å². The number of ether oxygens (including phenoxy) is 4. The van der Waals surface area contributed by atoms with Gasteiger partial charge in [-0.05, 0) is 5.56 Å². The first-order chi connectivity index (χ1) is 13.4. The van der Waals surface area contributed by atoms with Crippen LogP contribution in [0.5, 0.6) is 0 Å². The Morgan fingerprint density at radius 3 is 2.29 bits per heavy atom. The summed E-state index contributed by atoms with van der Waals surface area (Å²) in [6, 6.07) is 9.12. The van der Waals surface area contributed by atoms with Gasteiger partial charge in [-0.15, -0.1) is 0 Å². The lowest BCUT2D eigenvalue weighted by molar-refractivity contribution is -0.358. The van der Waals surface area contributed by atoms with Crippen LogP contribution in [0.25, 0.3) is 0 Å². The van der Waals surface area contributed by atoms with Gasteiger partial charge in [0, 0.05) is 0 Å². The molecule has 0 saturated carbocycles. The fourth-order valence-corrected chi connectivity index (χ4v) is 3.14. The second-order valence-corrected chi connectivity index (χ2v) is 6.85. The number of hydrogen-bond acceptors (Lipinski definition) is 10. The van der Waals surface area contributed by atoms with Gasteiger partial charge in [-0.2, -0.15) is 0 Å². The van der Waals surface area contributed by atoms with Crippen molar-refractivity contribution >= 4 is 0 Å². The highest BCUT2D eigenvalue weighted by Gasteiger charge is 2.49. The van der Waals surface area contributed by atoms with E-state index in [9.17, 15) is 30.6 Å². The van der Waals surface area contributed by atoms with E-state index in [0.717, 1.165) is 5.56 Å². The van der Waals surface area contributed by atoms with Crippen LogP contribution in [0.2, 0.25) is 0 Å². The van der Waals surface area contributed by atoms with Crippen LogP contribution in [0.3, 0.4) is 0 Å². The number of rotatable bonds is 6. The first-order valence-corrected chi connectivity index (χ1v) is 9.01. The molecule has 0 aliphatic carbocycles. The van der Waals surface area contributed by atoms with Crippen LogP contribution in [0.1, 0.15) is 5.56 Å². The normalized spacial score (nSPS) is 41.7. The third-order valence-electron chi connectivity index (χ3n) is 4.83. The van der Waals surface area contributed by atoms with Gasteiger partial charge in [0.1, 0.15) is 42.7 Å². The van der Waals surface area contributed by atoms with Crippen molar-refractivity contribution in [3.8, 4) is 0 Å². The molecule has 2 fully saturated rings. The summed E-state index contributed by atoms with van der Waals surface area (Å²) in [6.45, 7) is -0.741. The average Bonchev–Trinajstić information content (AvgIpc) is 2.71. The summed E-state index contributed by atoms with van der Waals surface area (Å²) < 4.78 is 21.9. The number of aliphatic hydroxyl groups is 6. The Morgan fingerprint density at radius 1 is 0.893 bits per heavy atom. The zero-order valence-electron chi connectivity index (χ0n) is 15.0. The first kappa shape index (κ1) is 21.5. The van der Waals surface area contributed by atoms with Gasteiger partial charge in [-0.3, -0.25) is 0 Å². The molecule has 1 aromatic rings. The van der Waals surface area contributed by atoms with E-state index in [4.69, 9.17) is 18.9 Å². The lowest BCUT2D eigenvalue weighted by Crippen LogP contribution is -2.63. The van der Waals surface area contributed by atoms with Crippen LogP contribution < -0.4 is 0 Å². The van der Waals surface area contributed by atoms with E-state index in [1.165, 1.54) is 0 Å². The predicted molar refractivity (Wildman–Crippen MR) is 91.6 cm³/mol. The SMILES string of the molecule is OC[C@H]1O[C@H](OCc2ccccc2)[C@H](O[C@H]2OC[C@H](O)[C@H](O)[C@@H]2O)[C@@H](O)[C@@H]1O. The maximum atomic E-state index is 10.4. The van der Waals surface area contributed by atoms with E-state index in [1.807, 2.05) is 30.3 Å². The van der Waals surface area contributed by atoms with E-state index < -0.39 is 61.9 Å². The molecule has 2 aliphatic rings. The topological polar surface area (TPSA) is 158 Å². The molecule has 0 bridgehead atoms. The summed E-state index contributed by atoms with van der Waals surface area (Å²) in [5.74, 6) is 0. The molecule has 158 valence electrons. The maximum Gasteiger partial charge on any atom is 0.187 e. The largest absolute Gasteiger partial charge is 0.394 e. The summed E-state index contributed by atoms with van der Waals surface area (Å²) in [7, 11) is 0. The van der Waals surface area contributed by atoms with Crippen molar-refractivity contribution < 1.29 is 49.6 Å². The molecule has 2 heterocycles. The van der Waals surface area contributed by atoms with Crippen LogP contribution >= 0.6 is 0 Å². The Kier molecular flexibility index (Phi) is 7.34. The second kappa shape index (κ2) is 9.55. The van der Waals surface area contributed by atoms with Crippen molar-refractivity contribution in [3.63, 3.8) is 0 Å². The van der Waals surface area contributed by atoms with Crippen LogP contribution in [-0.4, -0.2) is 99.2 Å². The van der Waals surface area contributed by atoms with Crippen molar-refractivity contribution in [1.29, 1.82) is 0 Å². The lowest BCUT2D eigenvalue weighted by atomic mass is 9.98. The van der Waals surface area contributed by atoms with E-state index in [2.05, 4.69) is 0 Å². The quantitative estimate of drug-likeness (QED) is 0.300. The molecule has 3 rings (SSSR count). The third-order valence-corrected chi connectivity index (χ3v) is 4.83. The highest BCUT2D eigenvalue weighted by atomic mass is 16.7. The zero-order valence-corrected chi connectivity index (χ0v) is 15.0. The van der Waals surface area contributed by atoms with Crippen molar-refractivity contribution in [2.75, 3.05) is 13.2 Å². The number of hydrogen-bond donors (Lipinski definition) is 6. The molecule has 28 heavy (non-hydrogen) atoms.